The van der Waals surface area contributed by atoms with Gasteiger partial charge in [-0.05, 0) is 30.7 Å². The zero-order valence-electron chi connectivity index (χ0n) is 10.9. The van der Waals surface area contributed by atoms with Crippen LogP contribution in [0.3, 0.4) is 0 Å². The van der Waals surface area contributed by atoms with Crippen molar-refractivity contribution in [2.24, 2.45) is 0 Å². The fourth-order valence-corrected chi connectivity index (χ4v) is 1.93. The molecule has 0 fully saturated rings. The SMILES string of the molecule is Cc1ccncc1-c1nc(-c2ccc(C#N)cc2)co1. The highest BCUT2D eigenvalue weighted by atomic mass is 16.3. The molecule has 0 N–H and O–H groups in total. The highest BCUT2D eigenvalue weighted by Gasteiger charge is 2.10. The van der Waals surface area contributed by atoms with Crippen LogP contribution in [0.1, 0.15) is 11.1 Å². The first kappa shape index (κ1) is 12.1. The van der Waals surface area contributed by atoms with Crippen LogP contribution in [-0.4, -0.2) is 9.97 Å². The molecule has 0 aliphatic carbocycles. The molecule has 4 heteroatoms. The molecule has 0 aliphatic heterocycles. The molecule has 4 nitrogen and oxygen atoms in total. The van der Waals surface area contributed by atoms with E-state index in [1.165, 1.54) is 0 Å². The lowest BCUT2D eigenvalue weighted by molar-refractivity contribution is 0.574. The van der Waals surface area contributed by atoms with Crippen molar-refractivity contribution < 1.29 is 4.42 Å². The quantitative estimate of drug-likeness (QED) is 0.707. The smallest absolute Gasteiger partial charge is 0.228 e. The number of pyridine rings is 1. The third-order valence-electron chi connectivity index (χ3n) is 3.08. The molecule has 0 spiro atoms. The second kappa shape index (κ2) is 4.98. The van der Waals surface area contributed by atoms with E-state index < -0.39 is 0 Å². The number of aromatic nitrogens is 2. The van der Waals surface area contributed by atoms with E-state index in [0.29, 0.717) is 11.5 Å². The summed E-state index contributed by atoms with van der Waals surface area (Å²) in [6.07, 6.45) is 5.09. The first-order valence-electron chi connectivity index (χ1n) is 6.15. The molecule has 0 radical (unpaired) electrons. The van der Waals surface area contributed by atoms with Gasteiger partial charge in [0, 0.05) is 18.0 Å². The molecular weight excluding hydrogens is 250 g/mol. The summed E-state index contributed by atoms with van der Waals surface area (Å²) in [7, 11) is 0. The van der Waals surface area contributed by atoms with Gasteiger partial charge >= 0.3 is 0 Å². The summed E-state index contributed by atoms with van der Waals surface area (Å²) in [6, 6.07) is 11.3. The number of nitrogens with zero attached hydrogens (tertiary/aromatic N) is 3. The van der Waals surface area contributed by atoms with E-state index >= 15 is 0 Å². The molecule has 0 atom stereocenters. The highest BCUT2D eigenvalue weighted by molar-refractivity contribution is 5.64. The van der Waals surface area contributed by atoms with Gasteiger partial charge in [0.15, 0.2) is 0 Å². The zero-order valence-corrected chi connectivity index (χ0v) is 10.9. The van der Waals surface area contributed by atoms with Crippen molar-refractivity contribution in [1.82, 2.24) is 9.97 Å². The Morgan fingerprint density at radius 1 is 1.15 bits per heavy atom. The van der Waals surface area contributed by atoms with Gasteiger partial charge in [-0.3, -0.25) is 4.98 Å². The zero-order chi connectivity index (χ0) is 13.9. The maximum absolute atomic E-state index is 8.79. The topological polar surface area (TPSA) is 62.7 Å². The fourth-order valence-electron chi connectivity index (χ4n) is 1.93. The Balaban J connectivity index is 1.98. The molecule has 0 aliphatic rings. The fraction of sp³-hybridized carbons (Fsp3) is 0.0625. The predicted molar refractivity (Wildman–Crippen MR) is 74.6 cm³/mol. The van der Waals surface area contributed by atoms with Crippen LogP contribution in [0, 0.1) is 18.3 Å². The molecule has 0 unspecified atom stereocenters. The lowest BCUT2D eigenvalue weighted by Crippen LogP contribution is -1.85. The van der Waals surface area contributed by atoms with Crippen molar-refractivity contribution >= 4 is 0 Å². The van der Waals surface area contributed by atoms with Crippen molar-refractivity contribution in [3.05, 3.63) is 60.1 Å². The van der Waals surface area contributed by atoms with E-state index in [1.807, 2.05) is 25.1 Å². The lowest BCUT2D eigenvalue weighted by atomic mass is 10.1. The molecule has 3 aromatic rings. The molecule has 0 saturated carbocycles. The highest BCUT2D eigenvalue weighted by Crippen LogP contribution is 2.26. The summed E-state index contributed by atoms with van der Waals surface area (Å²) in [6.45, 7) is 1.99. The maximum atomic E-state index is 8.79. The second-order valence-corrected chi connectivity index (χ2v) is 4.42. The molecule has 0 saturated heterocycles. The summed E-state index contributed by atoms with van der Waals surface area (Å²) < 4.78 is 5.53. The Bertz CT molecular complexity index is 782. The van der Waals surface area contributed by atoms with Crippen molar-refractivity contribution in [3.63, 3.8) is 0 Å². The first-order valence-corrected chi connectivity index (χ1v) is 6.15. The maximum Gasteiger partial charge on any atom is 0.228 e. The molecule has 1 aromatic carbocycles. The van der Waals surface area contributed by atoms with Crippen LogP contribution in [0.15, 0.2) is 53.4 Å². The second-order valence-electron chi connectivity index (χ2n) is 4.42. The minimum Gasteiger partial charge on any atom is -0.444 e. The Morgan fingerprint density at radius 2 is 1.95 bits per heavy atom. The molecule has 3 rings (SSSR count). The molecular formula is C16H11N3O. The minimum atomic E-state index is 0.551. The van der Waals surface area contributed by atoms with E-state index in [2.05, 4.69) is 16.0 Å². The van der Waals surface area contributed by atoms with Crippen LogP contribution in [0.2, 0.25) is 0 Å². The Hall–Kier alpha value is -2.93. The number of aryl methyl sites for hydroxylation is 1. The average molecular weight is 261 g/mol. The Morgan fingerprint density at radius 3 is 2.65 bits per heavy atom. The normalized spacial score (nSPS) is 10.2. The van der Waals surface area contributed by atoms with Gasteiger partial charge in [-0.25, -0.2) is 4.98 Å². The van der Waals surface area contributed by atoms with Crippen LogP contribution >= 0.6 is 0 Å². The number of hydrogen-bond donors (Lipinski definition) is 0. The first-order chi connectivity index (χ1) is 9.78. The molecule has 2 heterocycles. The summed E-state index contributed by atoms with van der Waals surface area (Å²) >= 11 is 0. The number of rotatable bonds is 2. The largest absolute Gasteiger partial charge is 0.444 e. The average Bonchev–Trinajstić information content (AvgIpc) is 2.97. The number of oxazole rings is 1. The molecule has 96 valence electrons. The lowest BCUT2D eigenvalue weighted by Gasteiger charge is -1.98. The van der Waals surface area contributed by atoms with Crippen molar-refractivity contribution in [3.8, 4) is 28.8 Å². The molecule has 0 bridgehead atoms. The number of nitriles is 1. The molecule has 0 amide bonds. The van der Waals surface area contributed by atoms with Crippen LogP contribution in [0.4, 0.5) is 0 Å². The standard InChI is InChI=1S/C16H11N3O/c1-11-6-7-18-9-14(11)16-19-15(10-20-16)13-4-2-12(8-17)3-5-13/h2-7,9-10H,1H3. The van der Waals surface area contributed by atoms with E-state index in [1.54, 1.807) is 30.8 Å². The van der Waals surface area contributed by atoms with Gasteiger partial charge in [0.1, 0.15) is 12.0 Å². The van der Waals surface area contributed by atoms with Gasteiger partial charge in [0.2, 0.25) is 5.89 Å². The minimum absolute atomic E-state index is 0.551. The summed E-state index contributed by atoms with van der Waals surface area (Å²) in [5, 5.41) is 8.79. The van der Waals surface area contributed by atoms with Gasteiger partial charge in [-0.1, -0.05) is 12.1 Å². The van der Waals surface area contributed by atoms with Gasteiger partial charge < -0.3 is 4.42 Å². The van der Waals surface area contributed by atoms with Crippen LogP contribution in [0.5, 0.6) is 0 Å². The van der Waals surface area contributed by atoms with Gasteiger partial charge in [-0.2, -0.15) is 5.26 Å². The van der Waals surface area contributed by atoms with E-state index in [4.69, 9.17) is 9.68 Å². The predicted octanol–water partition coefficient (Wildman–Crippen LogP) is 3.58. The van der Waals surface area contributed by atoms with Crippen LogP contribution in [-0.2, 0) is 0 Å². The van der Waals surface area contributed by atoms with Gasteiger partial charge in [-0.15, -0.1) is 0 Å². The Labute approximate surface area is 116 Å². The number of hydrogen-bond acceptors (Lipinski definition) is 4. The monoisotopic (exact) mass is 261 g/mol. The van der Waals surface area contributed by atoms with Gasteiger partial charge in [0.25, 0.3) is 0 Å². The van der Waals surface area contributed by atoms with Gasteiger partial charge in [0.05, 0.1) is 17.2 Å². The van der Waals surface area contributed by atoms with E-state index in [9.17, 15) is 0 Å². The summed E-state index contributed by atoms with van der Waals surface area (Å²) in [5.74, 6) is 0.551. The summed E-state index contributed by atoms with van der Waals surface area (Å²) in [4.78, 5) is 8.57. The van der Waals surface area contributed by atoms with Crippen LogP contribution < -0.4 is 0 Å². The van der Waals surface area contributed by atoms with Crippen LogP contribution in [0.25, 0.3) is 22.7 Å². The van der Waals surface area contributed by atoms with E-state index in [-0.39, 0.29) is 0 Å². The van der Waals surface area contributed by atoms with Crippen molar-refractivity contribution in [1.29, 1.82) is 5.26 Å². The third-order valence-corrected chi connectivity index (χ3v) is 3.08. The van der Waals surface area contributed by atoms with Crippen molar-refractivity contribution in [2.45, 2.75) is 6.92 Å². The third kappa shape index (κ3) is 2.17. The van der Waals surface area contributed by atoms with E-state index in [0.717, 1.165) is 22.4 Å². The molecule has 2 aromatic heterocycles. The number of benzene rings is 1. The van der Waals surface area contributed by atoms with Crippen molar-refractivity contribution in [2.75, 3.05) is 0 Å². The summed E-state index contributed by atoms with van der Waals surface area (Å²) in [5.41, 5.74) is 4.23. The molecule has 20 heavy (non-hydrogen) atoms. The Kier molecular flexibility index (Phi) is 3.02.